The molecule has 3 amide bonds. The minimum atomic E-state index is -0.831. The first-order valence-electron chi connectivity index (χ1n) is 9.83. The molecule has 4 N–H and O–H groups in total. The number of benzene rings is 1. The van der Waals surface area contributed by atoms with E-state index in [4.69, 9.17) is 10.5 Å². The predicted octanol–water partition coefficient (Wildman–Crippen LogP) is 0.797. The van der Waals surface area contributed by atoms with E-state index in [1.165, 1.54) is 0 Å². The molecule has 0 saturated carbocycles. The molecule has 1 heterocycles. The van der Waals surface area contributed by atoms with Gasteiger partial charge < -0.3 is 21.1 Å². The molecule has 4 atom stereocenters. The maximum absolute atomic E-state index is 12.4. The summed E-state index contributed by atoms with van der Waals surface area (Å²) in [4.78, 5) is 47.4. The van der Waals surface area contributed by atoms with Crippen LogP contribution in [-0.4, -0.2) is 48.8 Å². The number of Topliss-reactive ketones (excluding diaryl/α,β-unsaturated/α-hetero) is 1. The lowest BCUT2D eigenvalue weighted by Crippen LogP contribution is -2.46. The van der Waals surface area contributed by atoms with Crippen molar-refractivity contribution < 1.29 is 23.9 Å². The van der Waals surface area contributed by atoms with E-state index in [1.54, 1.807) is 12.1 Å². The second-order valence-electron chi connectivity index (χ2n) is 7.60. The summed E-state index contributed by atoms with van der Waals surface area (Å²) in [6.07, 6.45) is 0.151. The van der Waals surface area contributed by atoms with Crippen LogP contribution in [0.5, 0.6) is 0 Å². The van der Waals surface area contributed by atoms with Crippen LogP contribution in [0.15, 0.2) is 30.3 Å². The molecular formula is C21H29N3O5. The van der Waals surface area contributed by atoms with Crippen molar-refractivity contribution in [1.29, 1.82) is 0 Å². The van der Waals surface area contributed by atoms with Gasteiger partial charge in [-0.15, -0.1) is 0 Å². The van der Waals surface area contributed by atoms with Gasteiger partial charge in [-0.2, -0.15) is 0 Å². The molecular weight excluding hydrogens is 374 g/mol. The summed E-state index contributed by atoms with van der Waals surface area (Å²) in [6, 6.07) is 8.16. The molecule has 158 valence electrons. The second kappa shape index (κ2) is 10.7. The lowest BCUT2D eigenvalue weighted by molar-refractivity contribution is -0.127. The largest absolute Gasteiger partial charge is 0.370 e. The number of primary amides is 1. The average Bonchev–Trinajstić information content (AvgIpc) is 3.01. The number of carbonyl (C=O) groups is 4. The smallest absolute Gasteiger partial charge is 0.251 e. The number of hydrogen-bond acceptors (Lipinski definition) is 5. The summed E-state index contributed by atoms with van der Waals surface area (Å²) >= 11 is 0. The Morgan fingerprint density at radius 2 is 1.86 bits per heavy atom. The van der Waals surface area contributed by atoms with Crippen molar-refractivity contribution in [2.24, 2.45) is 17.6 Å². The van der Waals surface area contributed by atoms with Gasteiger partial charge >= 0.3 is 0 Å². The first-order chi connectivity index (χ1) is 13.8. The van der Waals surface area contributed by atoms with E-state index in [0.29, 0.717) is 12.1 Å². The Kier molecular flexibility index (Phi) is 8.33. The number of rotatable bonds is 10. The van der Waals surface area contributed by atoms with Crippen LogP contribution in [0.1, 0.15) is 43.5 Å². The molecule has 0 radical (unpaired) electrons. The standard InChI is InChI=1S/C21H29N3O5/c1-13(8-9-23-21(28)15-6-4-3-5-7-15)14(2)10-19(27)24-20-16(25)12-29-17(20)11-18(22)26/h3-7,13-14,17,20H,8-12H2,1-2H3,(H2,22,26)(H,23,28)(H,24,27). The molecule has 8 nitrogen and oxygen atoms in total. The molecule has 0 aliphatic carbocycles. The Balaban J connectivity index is 1.74. The van der Waals surface area contributed by atoms with Crippen LogP contribution in [0.3, 0.4) is 0 Å². The van der Waals surface area contributed by atoms with Gasteiger partial charge in [0.2, 0.25) is 11.8 Å². The number of nitrogens with two attached hydrogens (primary N) is 1. The Hall–Kier alpha value is -2.74. The maximum atomic E-state index is 12.4. The molecule has 1 aliphatic heterocycles. The lowest BCUT2D eigenvalue weighted by Gasteiger charge is -2.22. The highest BCUT2D eigenvalue weighted by Gasteiger charge is 2.37. The third-order valence-corrected chi connectivity index (χ3v) is 5.28. The minimum Gasteiger partial charge on any atom is -0.370 e. The molecule has 4 unspecified atom stereocenters. The normalized spacial score (nSPS) is 20.7. The Morgan fingerprint density at radius 3 is 2.52 bits per heavy atom. The van der Waals surface area contributed by atoms with Crippen molar-refractivity contribution in [3.63, 3.8) is 0 Å². The van der Waals surface area contributed by atoms with E-state index >= 15 is 0 Å². The van der Waals surface area contributed by atoms with Crippen molar-refractivity contribution >= 4 is 23.5 Å². The van der Waals surface area contributed by atoms with Crippen LogP contribution < -0.4 is 16.4 Å². The van der Waals surface area contributed by atoms with Crippen molar-refractivity contribution in [3.05, 3.63) is 35.9 Å². The van der Waals surface area contributed by atoms with Gasteiger partial charge in [0.15, 0.2) is 5.78 Å². The van der Waals surface area contributed by atoms with Crippen LogP contribution in [0, 0.1) is 11.8 Å². The van der Waals surface area contributed by atoms with Crippen molar-refractivity contribution in [2.75, 3.05) is 13.2 Å². The molecule has 1 aromatic carbocycles. The Bertz CT molecular complexity index is 737. The minimum absolute atomic E-state index is 0.0515. The SMILES string of the molecule is CC(CCNC(=O)c1ccccc1)C(C)CC(=O)NC1C(=O)COC1CC(N)=O. The number of carbonyl (C=O) groups excluding carboxylic acids is 4. The molecule has 1 aliphatic rings. The van der Waals surface area contributed by atoms with Gasteiger partial charge in [0.05, 0.1) is 12.5 Å². The Morgan fingerprint density at radius 1 is 1.17 bits per heavy atom. The number of ketones is 1. The molecule has 0 aromatic heterocycles. The number of amides is 3. The van der Waals surface area contributed by atoms with E-state index in [1.807, 2.05) is 32.0 Å². The monoisotopic (exact) mass is 403 g/mol. The van der Waals surface area contributed by atoms with Crippen molar-refractivity contribution in [1.82, 2.24) is 10.6 Å². The summed E-state index contributed by atoms with van der Waals surface area (Å²) < 4.78 is 5.25. The zero-order valence-corrected chi connectivity index (χ0v) is 16.9. The van der Waals surface area contributed by atoms with Gasteiger partial charge in [-0.1, -0.05) is 32.0 Å². The molecule has 1 saturated heterocycles. The third-order valence-electron chi connectivity index (χ3n) is 5.28. The van der Waals surface area contributed by atoms with E-state index < -0.39 is 18.1 Å². The van der Waals surface area contributed by atoms with Gasteiger partial charge in [-0.05, 0) is 30.4 Å². The van der Waals surface area contributed by atoms with Crippen LogP contribution in [-0.2, 0) is 19.1 Å². The van der Waals surface area contributed by atoms with Gasteiger partial charge in [0.1, 0.15) is 12.6 Å². The van der Waals surface area contributed by atoms with Gasteiger partial charge in [0, 0.05) is 18.5 Å². The summed E-state index contributed by atoms with van der Waals surface area (Å²) in [7, 11) is 0. The van der Waals surface area contributed by atoms with Crippen LogP contribution in [0.2, 0.25) is 0 Å². The van der Waals surface area contributed by atoms with Crippen molar-refractivity contribution in [2.45, 2.75) is 45.3 Å². The van der Waals surface area contributed by atoms with E-state index in [9.17, 15) is 19.2 Å². The number of hydrogen-bond donors (Lipinski definition) is 3. The molecule has 1 fully saturated rings. The number of nitrogens with one attached hydrogen (secondary N) is 2. The predicted molar refractivity (Wildman–Crippen MR) is 107 cm³/mol. The molecule has 29 heavy (non-hydrogen) atoms. The van der Waals surface area contributed by atoms with Crippen LogP contribution >= 0.6 is 0 Å². The van der Waals surface area contributed by atoms with E-state index in [0.717, 1.165) is 6.42 Å². The molecule has 1 aromatic rings. The first-order valence-corrected chi connectivity index (χ1v) is 9.83. The fourth-order valence-electron chi connectivity index (χ4n) is 3.25. The summed E-state index contributed by atoms with van der Waals surface area (Å²) in [6.45, 7) is 4.36. The highest BCUT2D eigenvalue weighted by Crippen LogP contribution is 2.19. The van der Waals surface area contributed by atoms with Crippen LogP contribution in [0.4, 0.5) is 0 Å². The Labute approximate surface area is 170 Å². The zero-order valence-electron chi connectivity index (χ0n) is 16.9. The fraction of sp³-hybridized carbons (Fsp3) is 0.524. The highest BCUT2D eigenvalue weighted by atomic mass is 16.5. The quantitative estimate of drug-likeness (QED) is 0.532. The van der Waals surface area contributed by atoms with Gasteiger partial charge in [-0.25, -0.2) is 0 Å². The van der Waals surface area contributed by atoms with E-state index in [-0.39, 0.29) is 48.9 Å². The highest BCUT2D eigenvalue weighted by molar-refractivity contribution is 5.94. The summed E-state index contributed by atoms with van der Waals surface area (Å²) in [5.74, 6) is -0.985. The molecule has 0 bridgehead atoms. The summed E-state index contributed by atoms with van der Waals surface area (Å²) in [5, 5.41) is 5.56. The topological polar surface area (TPSA) is 128 Å². The third kappa shape index (κ3) is 6.98. The second-order valence-corrected chi connectivity index (χ2v) is 7.60. The fourth-order valence-corrected chi connectivity index (χ4v) is 3.25. The average molecular weight is 403 g/mol. The van der Waals surface area contributed by atoms with Crippen LogP contribution in [0.25, 0.3) is 0 Å². The lowest BCUT2D eigenvalue weighted by atomic mass is 9.89. The molecule has 8 heteroatoms. The van der Waals surface area contributed by atoms with Gasteiger partial charge in [0.25, 0.3) is 5.91 Å². The zero-order chi connectivity index (χ0) is 21.4. The maximum Gasteiger partial charge on any atom is 0.251 e. The van der Waals surface area contributed by atoms with Gasteiger partial charge in [-0.3, -0.25) is 19.2 Å². The van der Waals surface area contributed by atoms with Crippen molar-refractivity contribution in [3.8, 4) is 0 Å². The molecule has 0 spiro atoms. The first kappa shape index (κ1) is 22.5. The summed E-state index contributed by atoms with van der Waals surface area (Å²) in [5.41, 5.74) is 5.78. The number of ether oxygens (including phenoxy) is 1. The van der Waals surface area contributed by atoms with E-state index in [2.05, 4.69) is 10.6 Å². The molecule has 2 rings (SSSR count).